The maximum Gasteiger partial charge on any atom is 0.123 e. The molecular weight excluding hydrogens is 382 g/mol. The average Bonchev–Trinajstić information content (AvgIpc) is 2.83. The first kappa shape index (κ1) is 21.6. The summed E-state index contributed by atoms with van der Waals surface area (Å²) in [5, 5.41) is 12.6. The van der Waals surface area contributed by atoms with E-state index in [2.05, 4.69) is 54.3 Å². The molecule has 3 heteroatoms. The minimum Gasteiger partial charge on any atom is -0.497 e. The van der Waals surface area contributed by atoms with E-state index < -0.39 is 5.60 Å². The number of benzene rings is 3. The van der Waals surface area contributed by atoms with E-state index in [1.807, 2.05) is 36.4 Å². The molecule has 3 aromatic rings. The fourth-order valence-electron chi connectivity index (χ4n) is 4.86. The van der Waals surface area contributed by atoms with Crippen molar-refractivity contribution in [2.75, 3.05) is 26.7 Å². The number of likely N-dealkylation sites (tertiary alicyclic amines) is 1. The van der Waals surface area contributed by atoms with Crippen molar-refractivity contribution in [1.29, 1.82) is 0 Å². The SMILES string of the molecule is COc1ccc([C@@](O)(c2cccc(C)c2)[C@H](CN2CCCCC2)c2ccccc2)cc1. The molecule has 0 aliphatic carbocycles. The zero-order chi connectivity index (χ0) is 21.7. The summed E-state index contributed by atoms with van der Waals surface area (Å²) >= 11 is 0. The Kier molecular flexibility index (Phi) is 6.74. The minimum atomic E-state index is -1.16. The van der Waals surface area contributed by atoms with Gasteiger partial charge in [-0.25, -0.2) is 0 Å². The maximum absolute atomic E-state index is 12.6. The first-order valence-electron chi connectivity index (χ1n) is 11.3. The third-order valence-corrected chi connectivity index (χ3v) is 6.58. The molecule has 0 bridgehead atoms. The third-order valence-electron chi connectivity index (χ3n) is 6.58. The Bertz CT molecular complexity index is 964. The molecule has 3 nitrogen and oxygen atoms in total. The molecule has 0 radical (unpaired) electrons. The zero-order valence-corrected chi connectivity index (χ0v) is 18.6. The van der Waals surface area contributed by atoms with Crippen molar-refractivity contribution >= 4 is 0 Å². The highest BCUT2D eigenvalue weighted by atomic mass is 16.5. The molecule has 1 fully saturated rings. The molecule has 0 amide bonds. The van der Waals surface area contributed by atoms with Crippen LogP contribution in [0.3, 0.4) is 0 Å². The summed E-state index contributed by atoms with van der Waals surface area (Å²) in [6.45, 7) is 5.09. The van der Waals surface area contributed by atoms with Gasteiger partial charge in [-0.3, -0.25) is 0 Å². The summed E-state index contributed by atoms with van der Waals surface area (Å²) in [4.78, 5) is 2.52. The van der Waals surface area contributed by atoms with E-state index in [9.17, 15) is 5.11 Å². The quantitative estimate of drug-likeness (QED) is 0.552. The summed E-state index contributed by atoms with van der Waals surface area (Å²) < 4.78 is 5.38. The smallest absolute Gasteiger partial charge is 0.123 e. The number of nitrogens with zero attached hydrogens (tertiary/aromatic N) is 1. The van der Waals surface area contributed by atoms with Gasteiger partial charge in [0.1, 0.15) is 11.4 Å². The second-order valence-corrected chi connectivity index (χ2v) is 8.69. The van der Waals surface area contributed by atoms with Crippen LogP contribution in [0.1, 0.15) is 47.4 Å². The second kappa shape index (κ2) is 9.67. The third kappa shape index (κ3) is 4.68. The number of piperidine rings is 1. The van der Waals surface area contributed by atoms with Gasteiger partial charge in [-0.2, -0.15) is 0 Å². The molecule has 162 valence electrons. The Morgan fingerprint density at radius 3 is 2.23 bits per heavy atom. The summed E-state index contributed by atoms with van der Waals surface area (Å²) in [5.74, 6) is 0.699. The predicted octanol–water partition coefficient (Wildman–Crippen LogP) is 5.51. The fourth-order valence-corrected chi connectivity index (χ4v) is 4.86. The van der Waals surface area contributed by atoms with Gasteiger partial charge in [0.05, 0.1) is 7.11 Å². The van der Waals surface area contributed by atoms with Crippen LogP contribution in [0.15, 0.2) is 78.9 Å². The van der Waals surface area contributed by atoms with Crippen LogP contribution in [-0.2, 0) is 5.60 Å². The molecule has 0 spiro atoms. The summed E-state index contributed by atoms with van der Waals surface area (Å²) in [5.41, 5.74) is 2.98. The molecule has 0 aromatic heterocycles. The first-order valence-corrected chi connectivity index (χ1v) is 11.3. The molecule has 1 aliphatic rings. The topological polar surface area (TPSA) is 32.7 Å². The van der Waals surface area contributed by atoms with E-state index in [1.54, 1.807) is 7.11 Å². The molecule has 2 atom stereocenters. The van der Waals surface area contributed by atoms with Crippen molar-refractivity contribution in [3.8, 4) is 5.75 Å². The maximum atomic E-state index is 12.6. The van der Waals surface area contributed by atoms with Gasteiger partial charge < -0.3 is 14.7 Å². The number of hydrogen-bond donors (Lipinski definition) is 1. The molecule has 3 aromatic carbocycles. The minimum absolute atomic E-state index is 0.0954. The normalized spacial score (nSPS) is 17.6. The summed E-state index contributed by atoms with van der Waals surface area (Å²) in [6.07, 6.45) is 3.76. The Labute approximate surface area is 186 Å². The molecule has 0 saturated carbocycles. The number of methoxy groups -OCH3 is 1. The van der Waals surface area contributed by atoms with Crippen molar-refractivity contribution in [3.05, 3.63) is 101 Å². The molecule has 1 saturated heterocycles. The van der Waals surface area contributed by atoms with E-state index >= 15 is 0 Å². The Morgan fingerprint density at radius 2 is 1.58 bits per heavy atom. The highest BCUT2D eigenvalue weighted by molar-refractivity contribution is 5.44. The monoisotopic (exact) mass is 415 g/mol. The Hall–Kier alpha value is -2.62. The van der Waals surface area contributed by atoms with Gasteiger partial charge in [-0.15, -0.1) is 0 Å². The lowest BCUT2D eigenvalue weighted by atomic mass is 9.72. The predicted molar refractivity (Wildman–Crippen MR) is 127 cm³/mol. The lowest BCUT2D eigenvalue weighted by Crippen LogP contribution is -2.43. The second-order valence-electron chi connectivity index (χ2n) is 8.69. The Morgan fingerprint density at radius 1 is 0.871 bits per heavy atom. The molecule has 1 N–H and O–H groups in total. The van der Waals surface area contributed by atoms with Crippen LogP contribution in [0.2, 0.25) is 0 Å². The van der Waals surface area contributed by atoms with Crippen LogP contribution in [0.25, 0.3) is 0 Å². The van der Waals surface area contributed by atoms with Gasteiger partial charge in [0.2, 0.25) is 0 Å². The molecule has 31 heavy (non-hydrogen) atoms. The van der Waals surface area contributed by atoms with Crippen LogP contribution in [0, 0.1) is 6.92 Å². The van der Waals surface area contributed by atoms with E-state index in [0.29, 0.717) is 0 Å². The van der Waals surface area contributed by atoms with Gasteiger partial charge >= 0.3 is 0 Å². The largest absolute Gasteiger partial charge is 0.497 e. The lowest BCUT2D eigenvalue weighted by molar-refractivity contribution is 0.0309. The van der Waals surface area contributed by atoms with Crippen LogP contribution in [0.5, 0.6) is 5.75 Å². The number of aliphatic hydroxyl groups is 1. The number of hydrogen-bond acceptors (Lipinski definition) is 3. The summed E-state index contributed by atoms with van der Waals surface area (Å²) in [6, 6.07) is 26.7. The standard InChI is InChI=1S/C28H33NO2/c1-22-10-9-13-25(20-22)28(30,24-14-16-26(31-2)17-15-24)27(23-11-5-3-6-12-23)21-29-18-7-4-8-19-29/h3,5-6,9-17,20,27,30H,4,7-8,18-19,21H2,1-2H3/t27-,28-/m1/s1. The van der Waals surface area contributed by atoms with Crippen LogP contribution >= 0.6 is 0 Å². The zero-order valence-electron chi connectivity index (χ0n) is 18.6. The van der Waals surface area contributed by atoms with Crippen LogP contribution in [-0.4, -0.2) is 36.8 Å². The van der Waals surface area contributed by atoms with E-state index in [4.69, 9.17) is 4.74 Å². The summed E-state index contributed by atoms with van der Waals surface area (Å²) in [7, 11) is 1.67. The van der Waals surface area contributed by atoms with Crippen LogP contribution < -0.4 is 4.74 Å². The van der Waals surface area contributed by atoms with Crippen molar-refractivity contribution in [2.24, 2.45) is 0 Å². The van der Waals surface area contributed by atoms with Gasteiger partial charge in [0, 0.05) is 12.5 Å². The van der Waals surface area contributed by atoms with Gasteiger partial charge in [0.25, 0.3) is 0 Å². The fraction of sp³-hybridized carbons (Fsp3) is 0.357. The molecule has 1 aliphatic heterocycles. The number of aryl methyl sites for hydroxylation is 1. The molecular formula is C28H33NO2. The van der Waals surface area contributed by atoms with E-state index in [-0.39, 0.29) is 5.92 Å². The van der Waals surface area contributed by atoms with Crippen molar-refractivity contribution < 1.29 is 9.84 Å². The van der Waals surface area contributed by atoms with Crippen molar-refractivity contribution in [1.82, 2.24) is 4.90 Å². The van der Waals surface area contributed by atoms with E-state index in [1.165, 1.54) is 19.3 Å². The molecule has 4 rings (SSSR count). The van der Waals surface area contributed by atoms with Crippen LogP contribution in [0.4, 0.5) is 0 Å². The first-order chi connectivity index (χ1) is 15.1. The molecule has 0 unspecified atom stereocenters. The highest BCUT2D eigenvalue weighted by Crippen LogP contribution is 2.44. The van der Waals surface area contributed by atoms with Crippen molar-refractivity contribution in [3.63, 3.8) is 0 Å². The average molecular weight is 416 g/mol. The van der Waals surface area contributed by atoms with Gasteiger partial charge in [-0.05, 0) is 61.7 Å². The highest BCUT2D eigenvalue weighted by Gasteiger charge is 2.42. The Balaban J connectivity index is 1.86. The van der Waals surface area contributed by atoms with Crippen molar-refractivity contribution in [2.45, 2.75) is 37.7 Å². The molecule has 1 heterocycles. The number of rotatable bonds is 7. The van der Waals surface area contributed by atoms with E-state index in [0.717, 1.165) is 47.6 Å². The van der Waals surface area contributed by atoms with Gasteiger partial charge in [-0.1, -0.05) is 78.7 Å². The van der Waals surface area contributed by atoms with Gasteiger partial charge in [0.15, 0.2) is 0 Å². The number of ether oxygens (including phenoxy) is 1. The lowest BCUT2D eigenvalue weighted by Gasteiger charge is -2.41.